The number of ether oxygens (including phenoxy) is 2. The van der Waals surface area contributed by atoms with E-state index in [-0.39, 0.29) is 11.5 Å². The molecule has 0 radical (unpaired) electrons. The van der Waals surface area contributed by atoms with E-state index >= 15 is 0 Å². The zero-order valence-electron chi connectivity index (χ0n) is 15.7. The van der Waals surface area contributed by atoms with Gasteiger partial charge < -0.3 is 19.7 Å². The summed E-state index contributed by atoms with van der Waals surface area (Å²) in [7, 11) is 3.18. The Morgan fingerprint density at radius 2 is 2.04 bits per heavy atom. The molecule has 1 aromatic carbocycles. The maximum absolute atomic E-state index is 12.3. The van der Waals surface area contributed by atoms with Crippen molar-refractivity contribution in [2.45, 2.75) is 38.4 Å². The Kier molecular flexibility index (Phi) is 5.72. The van der Waals surface area contributed by atoms with Gasteiger partial charge in [-0.05, 0) is 42.4 Å². The molecular weight excluding hydrogens is 359 g/mol. The van der Waals surface area contributed by atoms with Gasteiger partial charge in [0.2, 0.25) is 0 Å². The summed E-state index contributed by atoms with van der Waals surface area (Å²) in [6.45, 7) is 1.21. The maximum atomic E-state index is 12.3. The number of halogens is 3. The Morgan fingerprint density at radius 1 is 1.26 bits per heavy atom. The third-order valence-corrected chi connectivity index (χ3v) is 5.43. The standard InChI is InChI=1S/C19H26F3N3O2/c1-23-17(25-9-8-18(12-25)6-3-7-18)24-11-14-4-5-15(16(10-14)26-2)27-13-19(20,21)22/h4-5,10H,3,6-9,11-13H2,1-2H3,(H,23,24). The van der Waals surface area contributed by atoms with Crippen LogP contribution >= 0.6 is 0 Å². The molecule has 1 saturated carbocycles. The van der Waals surface area contributed by atoms with E-state index in [1.54, 1.807) is 19.2 Å². The smallest absolute Gasteiger partial charge is 0.422 e. The number of alkyl halides is 3. The Morgan fingerprint density at radius 3 is 2.59 bits per heavy atom. The van der Waals surface area contributed by atoms with Gasteiger partial charge in [0.15, 0.2) is 24.1 Å². The molecule has 2 aliphatic rings. The van der Waals surface area contributed by atoms with Crippen molar-refractivity contribution in [2.75, 3.05) is 33.9 Å². The van der Waals surface area contributed by atoms with Crippen LogP contribution in [-0.2, 0) is 6.54 Å². The van der Waals surface area contributed by atoms with E-state index in [1.165, 1.54) is 38.9 Å². The number of methoxy groups -OCH3 is 1. The molecule has 1 saturated heterocycles. The number of rotatable bonds is 5. The molecule has 1 aliphatic carbocycles. The SMILES string of the molecule is CN=C(NCc1ccc(OCC(F)(F)F)c(OC)c1)N1CCC2(CCC2)C1. The number of likely N-dealkylation sites (tertiary alicyclic amines) is 1. The van der Waals surface area contributed by atoms with Gasteiger partial charge in [0.1, 0.15) is 0 Å². The molecule has 0 unspecified atom stereocenters. The minimum absolute atomic E-state index is 0.0782. The Labute approximate surface area is 157 Å². The fraction of sp³-hybridized carbons (Fsp3) is 0.632. The van der Waals surface area contributed by atoms with E-state index in [9.17, 15) is 13.2 Å². The molecule has 5 nitrogen and oxygen atoms in total. The highest BCUT2D eigenvalue weighted by Crippen LogP contribution is 2.47. The highest BCUT2D eigenvalue weighted by molar-refractivity contribution is 5.80. The predicted molar refractivity (Wildman–Crippen MR) is 97.2 cm³/mol. The molecule has 150 valence electrons. The topological polar surface area (TPSA) is 46.1 Å². The van der Waals surface area contributed by atoms with E-state index < -0.39 is 12.8 Å². The van der Waals surface area contributed by atoms with Gasteiger partial charge in [0.25, 0.3) is 0 Å². The first-order chi connectivity index (χ1) is 12.8. The largest absolute Gasteiger partial charge is 0.493 e. The van der Waals surface area contributed by atoms with Gasteiger partial charge in [-0.1, -0.05) is 12.5 Å². The first-order valence-electron chi connectivity index (χ1n) is 9.16. The molecule has 1 heterocycles. The summed E-state index contributed by atoms with van der Waals surface area (Å²) < 4.78 is 47.0. The van der Waals surface area contributed by atoms with Gasteiger partial charge in [-0.2, -0.15) is 13.2 Å². The van der Waals surface area contributed by atoms with Crippen LogP contribution in [0.15, 0.2) is 23.2 Å². The molecule has 1 N–H and O–H groups in total. The van der Waals surface area contributed by atoms with Crippen molar-refractivity contribution in [1.82, 2.24) is 10.2 Å². The van der Waals surface area contributed by atoms with Gasteiger partial charge in [0.05, 0.1) is 7.11 Å². The molecule has 2 fully saturated rings. The van der Waals surface area contributed by atoms with Gasteiger partial charge in [-0.15, -0.1) is 0 Å². The summed E-state index contributed by atoms with van der Waals surface area (Å²) >= 11 is 0. The maximum Gasteiger partial charge on any atom is 0.422 e. The van der Waals surface area contributed by atoms with E-state index in [4.69, 9.17) is 9.47 Å². The van der Waals surface area contributed by atoms with Gasteiger partial charge in [-0.3, -0.25) is 4.99 Å². The van der Waals surface area contributed by atoms with E-state index in [2.05, 4.69) is 15.2 Å². The molecule has 1 spiro atoms. The van der Waals surface area contributed by atoms with Crippen molar-refractivity contribution < 1.29 is 22.6 Å². The first kappa shape index (κ1) is 19.6. The van der Waals surface area contributed by atoms with Gasteiger partial charge in [0, 0.05) is 26.7 Å². The van der Waals surface area contributed by atoms with Crippen molar-refractivity contribution >= 4 is 5.96 Å². The quantitative estimate of drug-likeness (QED) is 0.622. The van der Waals surface area contributed by atoms with Crippen molar-refractivity contribution in [3.63, 3.8) is 0 Å². The number of aliphatic imine (C=N–C) groups is 1. The normalized spacial score (nSPS) is 19.1. The van der Waals surface area contributed by atoms with E-state index in [0.717, 1.165) is 24.6 Å². The highest BCUT2D eigenvalue weighted by Gasteiger charge is 2.43. The lowest BCUT2D eigenvalue weighted by Gasteiger charge is -2.38. The van der Waals surface area contributed by atoms with Crippen LogP contribution in [0.3, 0.4) is 0 Å². The lowest BCUT2D eigenvalue weighted by molar-refractivity contribution is -0.153. The van der Waals surface area contributed by atoms with Crippen LogP contribution in [0.4, 0.5) is 13.2 Å². The Bertz CT molecular complexity index is 687. The minimum atomic E-state index is -4.38. The number of nitrogens with zero attached hydrogens (tertiary/aromatic N) is 2. The van der Waals surface area contributed by atoms with E-state index in [1.807, 2.05) is 0 Å². The van der Waals surface area contributed by atoms with Crippen molar-refractivity contribution in [1.29, 1.82) is 0 Å². The van der Waals surface area contributed by atoms with Crippen molar-refractivity contribution in [3.05, 3.63) is 23.8 Å². The number of hydrogen-bond acceptors (Lipinski definition) is 3. The number of benzene rings is 1. The molecule has 1 aromatic rings. The van der Waals surface area contributed by atoms with Crippen molar-refractivity contribution in [2.24, 2.45) is 10.4 Å². The van der Waals surface area contributed by atoms with Gasteiger partial charge in [-0.25, -0.2) is 0 Å². The summed E-state index contributed by atoms with van der Waals surface area (Å²) in [6, 6.07) is 4.92. The molecule has 0 bridgehead atoms. The van der Waals surface area contributed by atoms with Crippen molar-refractivity contribution in [3.8, 4) is 11.5 Å². The van der Waals surface area contributed by atoms with Crippen LogP contribution in [0.5, 0.6) is 11.5 Å². The zero-order chi connectivity index (χ0) is 19.5. The van der Waals surface area contributed by atoms with Crippen LogP contribution in [-0.4, -0.2) is 50.9 Å². The first-order valence-corrected chi connectivity index (χ1v) is 9.16. The molecule has 1 aliphatic heterocycles. The number of hydrogen-bond donors (Lipinski definition) is 1. The monoisotopic (exact) mass is 385 g/mol. The molecule has 27 heavy (non-hydrogen) atoms. The van der Waals surface area contributed by atoms with Crippen LogP contribution in [0.1, 0.15) is 31.2 Å². The van der Waals surface area contributed by atoms with Crippen LogP contribution in [0, 0.1) is 5.41 Å². The lowest BCUT2D eigenvalue weighted by Crippen LogP contribution is -2.42. The zero-order valence-corrected chi connectivity index (χ0v) is 15.7. The molecule has 0 amide bonds. The minimum Gasteiger partial charge on any atom is -0.493 e. The second kappa shape index (κ2) is 7.86. The highest BCUT2D eigenvalue weighted by atomic mass is 19.4. The van der Waals surface area contributed by atoms with E-state index in [0.29, 0.717) is 12.0 Å². The third-order valence-electron chi connectivity index (χ3n) is 5.43. The summed E-state index contributed by atoms with van der Waals surface area (Å²) in [5, 5.41) is 3.34. The fourth-order valence-electron chi connectivity index (χ4n) is 3.81. The fourth-order valence-corrected chi connectivity index (χ4v) is 3.81. The van der Waals surface area contributed by atoms with Crippen LogP contribution in [0.2, 0.25) is 0 Å². The number of nitrogens with one attached hydrogen (secondary N) is 1. The second-order valence-corrected chi connectivity index (χ2v) is 7.31. The predicted octanol–water partition coefficient (Wildman–Crippen LogP) is 3.59. The van der Waals surface area contributed by atoms with Gasteiger partial charge >= 0.3 is 6.18 Å². The summed E-state index contributed by atoms with van der Waals surface area (Å²) in [5.74, 6) is 1.22. The molecule has 0 atom stereocenters. The lowest BCUT2D eigenvalue weighted by atomic mass is 9.68. The molecule has 0 aromatic heterocycles. The average Bonchev–Trinajstić information content (AvgIpc) is 3.06. The molecular formula is C19H26F3N3O2. The second-order valence-electron chi connectivity index (χ2n) is 7.31. The molecule has 8 heteroatoms. The average molecular weight is 385 g/mol. The van der Waals surface area contributed by atoms with Crippen LogP contribution in [0.25, 0.3) is 0 Å². The molecule has 3 rings (SSSR count). The van der Waals surface area contributed by atoms with Crippen LogP contribution < -0.4 is 14.8 Å². The summed E-state index contributed by atoms with van der Waals surface area (Å²) in [5.41, 5.74) is 1.36. The number of guanidine groups is 1. The Hall–Kier alpha value is -2.12. The summed E-state index contributed by atoms with van der Waals surface area (Å²) in [4.78, 5) is 6.67. The third kappa shape index (κ3) is 4.78. The Balaban J connectivity index is 1.58. The summed E-state index contributed by atoms with van der Waals surface area (Å²) in [6.07, 6.45) is 0.759.